The van der Waals surface area contributed by atoms with Gasteiger partial charge in [-0.05, 0) is 82.8 Å². The Morgan fingerprint density at radius 2 is 1.90 bits per heavy atom. The van der Waals surface area contributed by atoms with Crippen LogP contribution in [0, 0.1) is 17.8 Å². The lowest BCUT2D eigenvalue weighted by atomic mass is 9.96. The van der Waals surface area contributed by atoms with Crippen LogP contribution >= 0.6 is 0 Å². The van der Waals surface area contributed by atoms with E-state index in [-0.39, 0.29) is 5.91 Å². The highest BCUT2D eigenvalue weighted by atomic mass is 16.4. The molecule has 1 aromatic heterocycles. The fourth-order valence-electron chi connectivity index (χ4n) is 3.63. The number of furan rings is 1. The third-order valence-corrected chi connectivity index (χ3v) is 5.43. The molecule has 0 unspecified atom stereocenters. The van der Waals surface area contributed by atoms with Gasteiger partial charge in [-0.15, -0.1) is 0 Å². The summed E-state index contributed by atoms with van der Waals surface area (Å²) in [6, 6.07) is 13.6. The number of aliphatic hydroxyl groups is 1. The van der Waals surface area contributed by atoms with Crippen molar-refractivity contribution in [1.29, 1.82) is 0 Å². The molecule has 0 bridgehead atoms. The van der Waals surface area contributed by atoms with Gasteiger partial charge in [0.2, 0.25) is 0 Å². The number of carbonyl (C=O) groups excluding carboxylic acids is 1. The van der Waals surface area contributed by atoms with Crippen LogP contribution in [-0.2, 0) is 6.42 Å². The second-order valence-corrected chi connectivity index (χ2v) is 8.71. The van der Waals surface area contributed by atoms with Crippen molar-refractivity contribution in [2.75, 3.05) is 33.2 Å². The molecule has 1 saturated heterocycles. The molecule has 0 radical (unpaired) electrons. The maximum absolute atomic E-state index is 13.2. The molecular weight excluding hydrogens is 376 g/mol. The summed E-state index contributed by atoms with van der Waals surface area (Å²) in [4.78, 5) is 17.5. The Morgan fingerprint density at radius 3 is 2.57 bits per heavy atom. The second-order valence-electron chi connectivity index (χ2n) is 8.71. The van der Waals surface area contributed by atoms with Gasteiger partial charge in [-0.2, -0.15) is 0 Å². The number of benzene rings is 1. The molecule has 2 aromatic rings. The Balaban J connectivity index is 1.71. The Morgan fingerprint density at radius 1 is 1.20 bits per heavy atom. The van der Waals surface area contributed by atoms with Crippen LogP contribution in [0.1, 0.15) is 48.6 Å². The fourth-order valence-corrected chi connectivity index (χ4v) is 3.63. The number of hydrogen-bond acceptors (Lipinski definition) is 4. The maximum Gasteiger partial charge on any atom is 0.289 e. The Labute approximate surface area is 179 Å². The number of amides is 1. The molecule has 1 amide bonds. The van der Waals surface area contributed by atoms with E-state index in [1.54, 1.807) is 26.0 Å². The van der Waals surface area contributed by atoms with E-state index in [4.69, 9.17) is 4.42 Å². The monoisotopic (exact) mass is 408 g/mol. The zero-order valence-electron chi connectivity index (χ0n) is 18.2. The van der Waals surface area contributed by atoms with Gasteiger partial charge in [-0.25, -0.2) is 0 Å². The lowest BCUT2D eigenvalue weighted by Crippen LogP contribution is -2.40. The minimum Gasteiger partial charge on any atom is -0.443 e. The van der Waals surface area contributed by atoms with E-state index < -0.39 is 5.60 Å². The Bertz CT molecular complexity index is 878. The first-order valence-electron chi connectivity index (χ1n) is 10.7. The number of piperidine rings is 1. The highest BCUT2D eigenvalue weighted by molar-refractivity contribution is 5.91. The van der Waals surface area contributed by atoms with Gasteiger partial charge in [-0.3, -0.25) is 4.79 Å². The van der Waals surface area contributed by atoms with E-state index in [2.05, 4.69) is 35.9 Å². The smallest absolute Gasteiger partial charge is 0.289 e. The van der Waals surface area contributed by atoms with Gasteiger partial charge in [0.15, 0.2) is 11.5 Å². The predicted molar refractivity (Wildman–Crippen MR) is 118 cm³/mol. The molecule has 1 aliphatic rings. The molecule has 1 fully saturated rings. The average molecular weight is 409 g/mol. The molecule has 0 saturated carbocycles. The Kier molecular flexibility index (Phi) is 7.36. The normalized spacial score (nSPS) is 15.5. The predicted octanol–water partition coefficient (Wildman–Crippen LogP) is 3.43. The van der Waals surface area contributed by atoms with Gasteiger partial charge in [-0.1, -0.05) is 36.3 Å². The number of rotatable bonds is 6. The highest BCUT2D eigenvalue weighted by Crippen LogP contribution is 2.20. The maximum atomic E-state index is 13.2. The summed E-state index contributed by atoms with van der Waals surface area (Å²) in [5.74, 6) is 6.62. The van der Waals surface area contributed by atoms with Crippen molar-refractivity contribution in [1.82, 2.24) is 9.80 Å². The van der Waals surface area contributed by atoms with Crippen LogP contribution in [0.15, 0.2) is 46.9 Å². The molecule has 1 N–H and O–H groups in total. The van der Waals surface area contributed by atoms with Crippen molar-refractivity contribution in [3.63, 3.8) is 0 Å². The minimum atomic E-state index is -1.10. The summed E-state index contributed by atoms with van der Waals surface area (Å²) in [7, 11) is 2.15. The molecular formula is C25H32N2O3. The average Bonchev–Trinajstić information content (AvgIpc) is 3.20. The van der Waals surface area contributed by atoms with E-state index in [0.717, 1.165) is 38.9 Å². The quantitative estimate of drug-likeness (QED) is 0.744. The number of likely N-dealkylation sites (tertiary alicyclic amines) is 1. The molecule has 0 spiro atoms. The number of nitrogens with zero attached hydrogens (tertiary/aromatic N) is 2. The molecule has 3 rings (SSSR count). The van der Waals surface area contributed by atoms with Crippen LogP contribution in [0.2, 0.25) is 0 Å². The van der Waals surface area contributed by atoms with Gasteiger partial charge in [0.05, 0.1) is 0 Å². The third kappa shape index (κ3) is 6.76. The zero-order chi connectivity index (χ0) is 21.6. The van der Waals surface area contributed by atoms with E-state index in [1.807, 2.05) is 23.1 Å². The molecule has 5 heteroatoms. The summed E-state index contributed by atoms with van der Waals surface area (Å²) < 4.78 is 5.70. The highest BCUT2D eigenvalue weighted by Gasteiger charge is 2.25. The van der Waals surface area contributed by atoms with Gasteiger partial charge >= 0.3 is 0 Å². The molecule has 0 aliphatic carbocycles. The van der Waals surface area contributed by atoms with Crippen molar-refractivity contribution < 1.29 is 14.3 Å². The number of hydrogen-bond donors (Lipinski definition) is 1. The number of carbonyl (C=O) groups is 1. The Hall–Kier alpha value is -2.55. The first-order valence-corrected chi connectivity index (χ1v) is 10.7. The zero-order valence-corrected chi connectivity index (χ0v) is 18.2. The van der Waals surface area contributed by atoms with Crippen LogP contribution in [0.25, 0.3) is 0 Å². The van der Waals surface area contributed by atoms with Gasteiger partial charge in [0, 0.05) is 13.1 Å². The van der Waals surface area contributed by atoms with Gasteiger partial charge in [0.1, 0.15) is 5.60 Å². The van der Waals surface area contributed by atoms with Crippen molar-refractivity contribution in [3.05, 3.63) is 59.5 Å². The first kappa shape index (κ1) is 22.1. The fraction of sp³-hybridized carbons (Fsp3) is 0.480. The summed E-state index contributed by atoms with van der Waals surface area (Å²) >= 11 is 0. The molecule has 1 aromatic carbocycles. The standard InChI is InChI=1S/C25H32N2O3/c1-25(2,29)15-11-22-9-10-23(30-22)24(28)27(18-14-20-7-5-4-6-8-20)19-21-12-16-26(3)17-13-21/h4-10,21,29H,12-14,16-19H2,1-3H3. The van der Waals surface area contributed by atoms with Crippen molar-refractivity contribution in [3.8, 4) is 11.8 Å². The van der Waals surface area contributed by atoms with Crippen molar-refractivity contribution >= 4 is 5.91 Å². The summed E-state index contributed by atoms with van der Waals surface area (Å²) in [6.45, 7) is 6.76. The van der Waals surface area contributed by atoms with E-state index in [9.17, 15) is 9.90 Å². The molecule has 30 heavy (non-hydrogen) atoms. The molecule has 5 nitrogen and oxygen atoms in total. The molecule has 2 heterocycles. The van der Waals surface area contributed by atoms with E-state index in [0.29, 0.717) is 24.0 Å². The lowest BCUT2D eigenvalue weighted by Gasteiger charge is -2.33. The topological polar surface area (TPSA) is 56.9 Å². The first-order chi connectivity index (χ1) is 14.3. The summed E-state index contributed by atoms with van der Waals surface area (Å²) in [6.07, 6.45) is 3.02. The van der Waals surface area contributed by atoms with Crippen LogP contribution in [-0.4, -0.2) is 59.6 Å². The summed E-state index contributed by atoms with van der Waals surface area (Å²) in [5.41, 5.74) is 0.113. The van der Waals surface area contributed by atoms with E-state index >= 15 is 0 Å². The minimum absolute atomic E-state index is 0.0961. The third-order valence-electron chi connectivity index (χ3n) is 5.43. The molecule has 1 aliphatic heterocycles. The molecule has 160 valence electrons. The SMILES string of the molecule is CN1CCC(CN(CCc2ccccc2)C(=O)c2ccc(C#CC(C)(C)O)o2)CC1. The van der Waals surface area contributed by atoms with Crippen molar-refractivity contribution in [2.45, 2.75) is 38.7 Å². The van der Waals surface area contributed by atoms with Crippen LogP contribution in [0.3, 0.4) is 0 Å². The van der Waals surface area contributed by atoms with E-state index in [1.165, 1.54) is 5.56 Å². The van der Waals surface area contributed by atoms with Crippen LogP contribution in [0.5, 0.6) is 0 Å². The summed E-state index contributed by atoms with van der Waals surface area (Å²) in [5, 5.41) is 9.77. The molecule has 0 atom stereocenters. The lowest BCUT2D eigenvalue weighted by molar-refractivity contribution is 0.0668. The van der Waals surface area contributed by atoms with Gasteiger partial charge < -0.3 is 19.3 Å². The second kappa shape index (κ2) is 9.97. The van der Waals surface area contributed by atoms with Crippen molar-refractivity contribution in [2.24, 2.45) is 5.92 Å². The van der Waals surface area contributed by atoms with Gasteiger partial charge in [0.25, 0.3) is 5.91 Å². The van der Waals surface area contributed by atoms with Crippen LogP contribution in [0.4, 0.5) is 0 Å². The van der Waals surface area contributed by atoms with Crippen LogP contribution < -0.4 is 0 Å². The largest absolute Gasteiger partial charge is 0.443 e.